The predicted molar refractivity (Wildman–Crippen MR) is 46.8 cm³/mol. The summed E-state index contributed by atoms with van der Waals surface area (Å²) in [5.74, 6) is -1.90. The van der Waals surface area contributed by atoms with Gasteiger partial charge >= 0.3 is 5.97 Å². The number of hydrogen-bond acceptors (Lipinski definition) is 4. The molecule has 0 saturated heterocycles. The van der Waals surface area contributed by atoms with Crippen LogP contribution in [-0.2, 0) is 4.79 Å². The summed E-state index contributed by atoms with van der Waals surface area (Å²) in [6.45, 7) is 0. The van der Waals surface area contributed by atoms with Crippen LogP contribution in [0.3, 0.4) is 0 Å². The number of nitriles is 1. The highest BCUT2D eigenvalue weighted by molar-refractivity contribution is 5.78. The molecular weight excluding hydrogens is 184 g/mol. The molecule has 1 N–H and O–H groups in total. The van der Waals surface area contributed by atoms with E-state index < -0.39 is 11.9 Å². The van der Waals surface area contributed by atoms with Gasteiger partial charge in [0.05, 0.1) is 25.1 Å². The molecule has 0 aliphatic rings. The first-order valence-electron chi connectivity index (χ1n) is 3.81. The SMILES string of the molecule is COc1ccc(C(C#N)C(=O)O)nc1. The average molecular weight is 192 g/mol. The summed E-state index contributed by atoms with van der Waals surface area (Å²) in [6, 6.07) is 4.68. The van der Waals surface area contributed by atoms with Crippen molar-refractivity contribution in [1.82, 2.24) is 4.98 Å². The lowest BCUT2D eigenvalue weighted by molar-refractivity contribution is -0.137. The topological polar surface area (TPSA) is 83.2 Å². The monoisotopic (exact) mass is 192 g/mol. The van der Waals surface area contributed by atoms with Crippen molar-refractivity contribution >= 4 is 5.97 Å². The normalized spacial score (nSPS) is 11.4. The molecule has 1 atom stereocenters. The van der Waals surface area contributed by atoms with E-state index >= 15 is 0 Å². The van der Waals surface area contributed by atoms with Gasteiger partial charge in [-0.3, -0.25) is 9.78 Å². The van der Waals surface area contributed by atoms with Gasteiger partial charge in [-0.05, 0) is 12.1 Å². The summed E-state index contributed by atoms with van der Waals surface area (Å²) in [5, 5.41) is 17.2. The van der Waals surface area contributed by atoms with Gasteiger partial charge in [-0.1, -0.05) is 0 Å². The van der Waals surface area contributed by atoms with Crippen LogP contribution in [0.2, 0.25) is 0 Å². The van der Waals surface area contributed by atoms with Crippen molar-refractivity contribution in [2.75, 3.05) is 7.11 Å². The van der Waals surface area contributed by atoms with E-state index in [1.165, 1.54) is 19.4 Å². The van der Waals surface area contributed by atoms with Gasteiger partial charge in [-0.2, -0.15) is 5.26 Å². The molecule has 5 nitrogen and oxygen atoms in total. The van der Waals surface area contributed by atoms with Crippen molar-refractivity contribution in [3.8, 4) is 11.8 Å². The van der Waals surface area contributed by atoms with E-state index in [4.69, 9.17) is 15.1 Å². The van der Waals surface area contributed by atoms with E-state index in [1.807, 2.05) is 0 Å². The van der Waals surface area contributed by atoms with Gasteiger partial charge in [-0.25, -0.2) is 0 Å². The van der Waals surface area contributed by atoms with E-state index in [0.717, 1.165) is 0 Å². The minimum atomic E-state index is -1.22. The lowest BCUT2D eigenvalue weighted by atomic mass is 10.1. The Bertz CT molecular complexity index is 367. The van der Waals surface area contributed by atoms with Crippen LogP contribution < -0.4 is 4.74 Å². The Hall–Kier alpha value is -2.09. The number of nitrogens with zero attached hydrogens (tertiary/aromatic N) is 2. The van der Waals surface area contributed by atoms with Crippen molar-refractivity contribution in [2.45, 2.75) is 5.92 Å². The van der Waals surface area contributed by atoms with Crippen LogP contribution in [0, 0.1) is 11.3 Å². The molecule has 0 aliphatic heterocycles. The molecule has 0 amide bonds. The maximum atomic E-state index is 10.6. The minimum absolute atomic E-state index is 0.209. The highest BCUT2D eigenvalue weighted by Gasteiger charge is 2.20. The van der Waals surface area contributed by atoms with Crippen LogP contribution in [0.1, 0.15) is 11.6 Å². The lowest BCUT2D eigenvalue weighted by Crippen LogP contribution is -2.10. The summed E-state index contributed by atoms with van der Waals surface area (Å²) in [6.07, 6.45) is 1.38. The quantitative estimate of drug-likeness (QED) is 0.765. The molecule has 0 aromatic carbocycles. The molecule has 72 valence electrons. The molecule has 1 aromatic heterocycles. The number of carboxylic acids is 1. The fourth-order valence-corrected chi connectivity index (χ4v) is 0.931. The molecule has 1 aromatic rings. The third-order valence-electron chi connectivity index (χ3n) is 1.67. The number of hydrogen-bond donors (Lipinski definition) is 1. The van der Waals surface area contributed by atoms with E-state index in [0.29, 0.717) is 5.75 Å². The molecule has 1 unspecified atom stereocenters. The Morgan fingerprint density at radius 1 is 1.71 bits per heavy atom. The third-order valence-corrected chi connectivity index (χ3v) is 1.67. The van der Waals surface area contributed by atoms with Crippen molar-refractivity contribution in [3.63, 3.8) is 0 Å². The molecule has 0 radical (unpaired) electrons. The van der Waals surface area contributed by atoms with E-state index in [1.54, 1.807) is 12.1 Å². The van der Waals surface area contributed by atoms with Gasteiger partial charge in [-0.15, -0.1) is 0 Å². The second kappa shape index (κ2) is 4.23. The van der Waals surface area contributed by atoms with Crippen molar-refractivity contribution in [1.29, 1.82) is 5.26 Å². The molecule has 0 spiro atoms. The van der Waals surface area contributed by atoms with Crippen molar-refractivity contribution in [2.24, 2.45) is 0 Å². The number of aliphatic carboxylic acids is 1. The molecule has 14 heavy (non-hydrogen) atoms. The standard InChI is InChI=1S/C9H8N2O3/c1-14-6-2-3-8(11-5-6)7(4-10)9(12)13/h2-3,5,7H,1H3,(H,12,13). The van der Waals surface area contributed by atoms with E-state index in [9.17, 15) is 4.79 Å². The van der Waals surface area contributed by atoms with Crippen LogP contribution in [0.25, 0.3) is 0 Å². The summed E-state index contributed by atoms with van der Waals surface area (Å²) < 4.78 is 4.85. The number of rotatable bonds is 3. The number of pyridine rings is 1. The first-order chi connectivity index (χ1) is 6.69. The zero-order valence-corrected chi connectivity index (χ0v) is 7.47. The molecule has 0 fully saturated rings. The van der Waals surface area contributed by atoms with Gasteiger partial charge in [0.2, 0.25) is 0 Å². The Morgan fingerprint density at radius 3 is 2.79 bits per heavy atom. The predicted octanol–water partition coefficient (Wildman–Crippen LogP) is 0.782. The maximum absolute atomic E-state index is 10.6. The third kappa shape index (κ3) is 1.98. The number of aromatic nitrogens is 1. The fraction of sp³-hybridized carbons (Fsp3) is 0.222. The van der Waals surface area contributed by atoms with Crippen LogP contribution in [-0.4, -0.2) is 23.2 Å². The first kappa shape index (κ1) is 9.99. The zero-order valence-electron chi connectivity index (χ0n) is 7.47. The first-order valence-corrected chi connectivity index (χ1v) is 3.81. The molecule has 0 bridgehead atoms. The average Bonchev–Trinajstić information content (AvgIpc) is 2.19. The summed E-state index contributed by atoms with van der Waals surface area (Å²) in [5.41, 5.74) is 0.209. The highest BCUT2D eigenvalue weighted by Crippen LogP contribution is 2.15. The maximum Gasteiger partial charge on any atom is 0.327 e. The van der Waals surface area contributed by atoms with Gasteiger partial charge in [0.25, 0.3) is 0 Å². The lowest BCUT2D eigenvalue weighted by Gasteiger charge is -2.03. The molecule has 0 saturated carbocycles. The van der Waals surface area contributed by atoms with Crippen molar-refractivity contribution in [3.05, 3.63) is 24.0 Å². The Labute approximate surface area is 80.6 Å². The molecule has 1 heterocycles. The second-order valence-electron chi connectivity index (χ2n) is 2.52. The van der Waals surface area contributed by atoms with Crippen LogP contribution in [0.4, 0.5) is 0 Å². The summed E-state index contributed by atoms with van der Waals surface area (Å²) in [4.78, 5) is 14.4. The van der Waals surface area contributed by atoms with E-state index in [2.05, 4.69) is 4.98 Å². The minimum Gasteiger partial charge on any atom is -0.495 e. The Morgan fingerprint density at radius 2 is 2.43 bits per heavy atom. The molecule has 5 heteroatoms. The highest BCUT2D eigenvalue weighted by atomic mass is 16.5. The number of methoxy groups -OCH3 is 1. The Kier molecular flexibility index (Phi) is 3.02. The number of carbonyl (C=O) groups is 1. The van der Waals surface area contributed by atoms with Gasteiger partial charge in [0, 0.05) is 0 Å². The van der Waals surface area contributed by atoms with Crippen molar-refractivity contribution < 1.29 is 14.6 Å². The summed E-state index contributed by atoms with van der Waals surface area (Å²) >= 11 is 0. The van der Waals surface area contributed by atoms with Gasteiger partial charge in [0.15, 0.2) is 5.92 Å². The Balaban J connectivity index is 2.96. The number of carboxylic acid groups (broad SMARTS) is 1. The smallest absolute Gasteiger partial charge is 0.327 e. The van der Waals surface area contributed by atoms with Crippen LogP contribution in [0.5, 0.6) is 5.75 Å². The largest absolute Gasteiger partial charge is 0.495 e. The van der Waals surface area contributed by atoms with Gasteiger partial charge < -0.3 is 9.84 Å². The zero-order chi connectivity index (χ0) is 10.6. The van der Waals surface area contributed by atoms with Crippen LogP contribution >= 0.6 is 0 Å². The second-order valence-corrected chi connectivity index (χ2v) is 2.52. The number of ether oxygens (including phenoxy) is 1. The fourth-order valence-electron chi connectivity index (χ4n) is 0.931. The molecular formula is C9H8N2O3. The summed E-state index contributed by atoms with van der Waals surface area (Å²) in [7, 11) is 1.48. The van der Waals surface area contributed by atoms with Gasteiger partial charge in [0.1, 0.15) is 5.75 Å². The molecule has 0 aliphatic carbocycles. The van der Waals surface area contributed by atoms with Crippen LogP contribution in [0.15, 0.2) is 18.3 Å². The van der Waals surface area contributed by atoms with E-state index in [-0.39, 0.29) is 5.69 Å². The molecule has 1 rings (SSSR count).